The molecule has 14 heavy (non-hydrogen) atoms. The summed E-state index contributed by atoms with van der Waals surface area (Å²) in [6, 6.07) is 7.42. The van der Waals surface area contributed by atoms with Crippen molar-refractivity contribution in [1.29, 1.82) is 0 Å². The fourth-order valence-electron chi connectivity index (χ4n) is 1.33. The maximum atomic E-state index is 10.8. The van der Waals surface area contributed by atoms with E-state index < -0.39 is 0 Å². The second-order valence-electron chi connectivity index (χ2n) is 3.04. The number of primary amides is 1. The first-order valence-electron chi connectivity index (χ1n) is 4.53. The van der Waals surface area contributed by atoms with Crippen LogP contribution in [0.5, 0.6) is 0 Å². The highest BCUT2D eigenvalue weighted by atomic mass is 16.1. The van der Waals surface area contributed by atoms with Crippen LogP contribution in [0.3, 0.4) is 0 Å². The average Bonchev–Trinajstić information content (AvgIpc) is 2.15. The number of rotatable bonds is 4. The highest BCUT2D eigenvalue weighted by molar-refractivity contribution is 5.81. The molecule has 0 aliphatic carbocycles. The van der Waals surface area contributed by atoms with Gasteiger partial charge in [0.15, 0.2) is 0 Å². The van der Waals surface area contributed by atoms with Gasteiger partial charge in [-0.3, -0.25) is 4.79 Å². The van der Waals surface area contributed by atoms with E-state index in [1.54, 1.807) is 6.07 Å². The van der Waals surface area contributed by atoms with Crippen molar-refractivity contribution < 1.29 is 4.79 Å². The monoisotopic (exact) mass is 193 g/mol. The van der Waals surface area contributed by atoms with Gasteiger partial charge >= 0.3 is 0 Å². The fourth-order valence-corrected chi connectivity index (χ4v) is 1.33. The Bertz CT molecular complexity index is 325. The average molecular weight is 193 g/mol. The maximum absolute atomic E-state index is 10.8. The lowest BCUT2D eigenvalue weighted by Gasteiger charge is -2.22. The quantitative estimate of drug-likeness (QED) is 0.687. The second-order valence-corrected chi connectivity index (χ2v) is 3.04. The van der Waals surface area contributed by atoms with Gasteiger partial charge in [0, 0.05) is 6.54 Å². The minimum atomic E-state index is -0.352. The molecule has 0 radical (unpaired) electrons. The number of hydrogen-bond acceptors (Lipinski definition) is 3. The SMILES string of the molecule is CCN(CC(N)=O)c1ccccc1N. The normalized spacial score (nSPS) is 9.79. The number of carbonyl (C=O) groups excluding carboxylic acids is 1. The van der Waals surface area contributed by atoms with Crippen LogP contribution in [-0.2, 0) is 4.79 Å². The highest BCUT2D eigenvalue weighted by Crippen LogP contribution is 2.21. The third kappa shape index (κ3) is 2.39. The van der Waals surface area contributed by atoms with E-state index in [-0.39, 0.29) is 12.5 Å². The van der Waals surface area contributed by atoms with Crippen molar-refractivity contribution in [3.8, 4) is 0 Å². The van der Waals surface area contributed by atoms with E-state index >= 15 is 0 Å². The zero-order valence-electron chi connectivity index (χ0n) is 8.23. The van der Waals surface area contributed by atoms with Crippen LogP contribution in [0.25, 0.3) is 0 Å². The smallest absolute Gasteiger partial charge is 0.236 e. The number of hydrogen-bond donors (Lipinski definition) is 2. The summed E-state index contributed by atoms with van der Waals surface area (Å²) in [7, 11) is 0. The molecular weight excluding hydrogens is 178 g/mol. The van der Waals surface area contributed by atoms with E-state index in [0.29, 0.717) is 12.2 Å². The molecule has 0 aliphatic rings. The van der Waals surface area contributed by atoms with Crippen molar-refractivity contribution in [3.63, 3.8) is 0 Å². The molecule has 0 aliphatic heterocycles. The van der Waals surface area contributed by atoms with E-state index in [1.807, 2.05) is 30.0 Å². The lowest BCUT2D eigenvalue weighted by Crippen LogP contribution is -2.33. The minimum Gasteiger partial charge on any atom is -0.397 e. The van der Waals surface area contributed by atoms with Gasteiger partial charge in [0.1, 0.15) is 0 Å². The summed E-state index contributed by atoms with van der Waals surface area (Å²) < 4.78 is 0. The Morgan fingerprint density at radius 1 is 1.43 bits per heavy atom. The molecule has 0 atom stereocenters. The Kier molecular flexibility index (Phi) is 3.34. The first kappa shape index (κ1) is 10.4. The number of nitrogen functional groups attached to an aromatic ring is 1. The molecule has 1 amide bonds. The number of nitrogens with zero attached hydrogens (tertiary/aromatic N) is 1. The largest absolute Gasteiger partial charge is 0.397 e. The van der Waals surface area contributed by atoms with E-state index in [2.05, 4.69) is 0 Å². The predicted octanol–water partition coefficient (Wildman–Crippen LogP) is 0.580. The number of anilines is 2. The molecule has 1 aromatic rings. The van der Waals surface area contributed by atoms with Crippen molar-refractivity contribution in [2.24, 2.45) is 5.73 Å². The lowest BCUT2D eigenvalue weighted by molar-refractivity contribution is -0.116. The van der Waals surface area contributed by atoms with Crippen LogP contribution in [-0.4, -0.2) is 19.0 Å². The second kappa shape index (κ2) is 4.50. The molecule has 0 spiro atoms. The number of para-hydroxylation sites is 2. The van der Waals surface area contributed by atoms with Gasteiger partial charge < -0.3 is 16.4 Å². The molecule has 0 saturated heterocycles. The van der Waals surface area contributed by atoms with Crippen LogP contribution in [0.4, 0.5) is 11.4 Å². The summed E-state index contributed by atoms with van der Waals surface area (Å²) >= 11 is 0. The Hall–Kier alpha value is -1.71. The number of likely N-dealkylation sites (N-methyl/N-ethyl adjacent to an activating group) is 1. The molecule has 4 N–H and O–H groups in total. The van der Waals surface area contributed by atoms with E-state index in [1.165, 1.54) is 0 Å². The van der Waals surface area contributed by atoms with Crippen LogP contribution < -0.4 is 16.4 Å². The standard InChI is InChI=1S/C10H15N3O/c1-2-13(7-10(12)14)9-6-4-3-5-8(9)11/h3-6H,2,7,11H2,1H3,(H2,12,14). The summed E-state index contributed by atoms with van der Waals surface area (Å²) in [5.41, 5.74) is 12.4. The zero-order valence-corrected chi connectivity index (χ0v) is 8.23. The van der Waals surface area contributed by atoms with Crippen LogP contribution in [0.15, 0.2) is 24.3 Å². The summed E-state index contributed by atoms with van der Waals surface area (Å²) in [6.45, 7) is 2.86. The van der Waals surface area contributed by atoms with Crippen LogP contribution in [0.1, 0.15) is 6.92 Å². The van der Waals surface area contributed by atoms with Crippen LogP contribution >= 0.6 is 0 Å². The number of benzene rings is 1. The van der Waals surface area contributed by atoms with Crippen molar-refractivity contribution in [1.82, 2.24) is 0 Å². The number of nitrogens with two attached hydrogens (primary N) is 2. The highest BCUT2D eigenvalue weighted by Gasteiger charge is 2.09. The minimum absolute atomic E-state index is 0.199. The van der Waals surface area contributed by atoms with Crippen molar-refractivity contribution in [2.45, 2.75) is 6.92 Å². The van der Waals surface area contributed by atoms with Gasteiger partial charge in [0.25, 0.3) is 0 Å². The summed E-state index contributed by atoms with van der Waals surface area (Å²) in [5, 5.41) is 0. The van der Waals surface area contributed by atoms with Crippen molar-refractivity contribution >= 4 is 17.3 Å². The molecule has 0 saturated carbocycles. The van der Waals surface area contributed by atoms with E-state index in [9.17, 15) is 4.79 Å². The third-order valence-electron chi connectivity index (χ3n) is 2.01. The molecular formula is C10H15N3O. The molecule has 1 aromatic carbocycles. The molecule has 0 aromatic heterocycles. The van der Waals surface area contributed by atoms with Gasteiger partial charge in [0.2, 0.25) is 5.91 Å². The topological polar surface area (TPSA) is 72.3 Å². The van der Waals surface area contributed by atoms with Gasteiger partial charge in [-0.2, -0.15) is 0 Å². The van der Waals surface area contributed by atoms with Gasteiger partial charge in [0.05, 0.1) is 17.9 Å². The van der Waals surface area contributed by atoms with Crippen LogP contribution in [0, 0.1) is 0 Å². The fraction of sp³-hybridized carbons (Fsp3) is 0.300. The Labute approximate surface area is 83.5 Å². The molecule has 1 rings (SSSR count). The molecule has 0 bridgehead atoms. The summed E-state index contributed by atoms with van der Waals surface area (Å²) in [5.74, 6) is -0.352. The zero-order chi connectivity index (χ0) is 10.6. The number of carbonyl (C=O) groups is 1. The van der Waals surface area contributed by atoms with E-state index in [4.69, 9.17) is 11.5 Å². The summed E-state index contributed by atoms with van der Waals surface area (Å²) in [6.07, 6.45) is 0. The molecule has 0 unspecified atom stereocenters. The van der Waals surface area contributed by atoms with Gasteiger partial charge in [-0.15, -0.1) is 0 Å². The third-order valence-corrected chi connectivity index (χ3v) is 2.01. The maximum Gasteiger partial charge on any atom is 0.236 e. The Morgan fingerprint density at radius 2 is 2.07 bits per heavy atom. The molecule has 0 heterocycles. The first-order chi connectivity index (χ1) is 6.65. The van der Waals surface area contributed by atoms with Gasteiger partial charge in [-0.25, -0.2) is 0 Å². The van der Waals surface area contributed by atoms with Gasteiger partial charge in [-0.1, -0.05) is 12.1 Å². The molecule has 4 heteroatoms. The number of amides is 1. The Morgan fingerprint density at radius 3 is 2.57 bits per heavy atom. The summed E-state index contributed by atoms with van der Waals surface area (Å²) in [4.78, 5) is 12.6. The predicted molar refractivity (Wildman–Crippen MR) is 57.9 cm³/mol. The molecule has 0 fully saturated rings. The van der Waals surface area contributed by atoms with Crippen LogP contribution in [0.2, 0.25) is 0 Å². The first-order valence-corrected chi connectivity index (χ1v) is 4.53. The lowest BCUT2D eigenvalue weighted by atomic mass is 10.2. The van der Waals surface area contributed by atoms with E-state index in [0.717, 1.165) is 5.69 Å². The van der Waals surface area contributed by atoms with Gasteiger partial charge in [-0.05, 0) is 19.1 Å². The Balaban J connectivity index is 2.89. The molecule has 4 nitrogen and oxygen atoms in total. The molecule has 76 valence electrons. The van der Waals surface area contributed by atoms with Crippen molar-refractivity contribution in [3.05, 3.63) is 24.3 Å². The van der Waals surface area contributed by atoms with Crippen molar-refractivity contribution in [2.75, 3.05) is 23.7 Å².